The fraction of sp³-hybridized carbons (Fsp3) is 0.160. The van der Waals surface area contributed by atoms with Gasteiger partial charge in [0, 0.05) is 12.2 Å². The van der Waals surface area contributed by atoms with Gasteiger partial charge in [-0.25, -0.2) is 8.78 Å². The summed E-state index contributed by atoms with van der Waals surface area (Å²) in [5.41, 5.74) is 2.08. The van der Waals surface area contributed by atoms with Crippen LogP contribution in [0.25, 0.3) is 17.1 Å². The standard InChI is InChI=1S/C25H22F2N4OS/c26-19-12-14-20(15-13-19)31-24(21-10-4-5-11-22(21)27)29-30-25(31)33-17-23(32)28-16-6-9-18-7-2-1-3-8-18/h1-5,7-8,10-15H,6,9,16-17H2,(H,28,32). The average Bonchev–Trinajstić information content (AvgIpc) is 3.25. The lowest BCUT2D eigenvalue weighted by molar-refractivity contribution is -0.118. The van der Waals surface area contributed by atoms with Gasteiger partial charge in [0.1, 0.15) is 11.6 Å². The van der Waals surface area contributed by atoms with Crippen LogP contribution in [-0.2, 0) is 11.2 Å². The van der Waals surface area contributed by atoms with E-state index in [2.05, 4.69) is 27.6 Å². The molecule has 0 bridgehead atoms. The van der Waals surface area contributed by atoms with Gasteiger partial charge in [-0.3, -0.25) is 9.36 Å². The predicted molar refractivity (Wildman–Crippen MR) is 125 cm³/mol. The lowest BCUT2D eigenvalue weighted by atomic mass is 10.1. The Labute approximate surface area is 194 Å². The monoisotopic (exact) mass is 464 g/mol. The number of aromatic nitrogens is 3. The van der Waals surface area contributed by atoms with Gasteiger partial charge in [-0.2, -0.15) is 0 Å². The van der Waals surface area contributed by atoms with Crippen molar-refractivity contribution in [2.45, 2.75) is 18.0 Å². The molecule has 0 aliphatic heterocycles. The van der Waals surface area contributed by atoms with E-state index in [-0.39, 0.29) is 28.9 Å². The second-order valence-corrected chi connectivity index (χ2v) is 8.27. The number of thioether (sulfide) groups is 1. The topological polar surface area (TPSA) is 59.8 Å². The van der Waals surface area contributed by atoms with Crippen molar-refractivity contribution in [1.29, 1.82) is 0 Å². The first-order valence-corrected chi connectivity index (χ1v) is 11.5. The Morgan fingerprint density at radius 3 is 2.39 bits per heavy atom. The maximum atomic E-state index is 14.4. The van der Waals surface area contributed by atoms with Gasteiger partial charge in [0.05, 0.1) is 11.3 Å². The summed E-state index contributed by atoms with van der Waals surface area (Å²) in [5, 5.41) is 11.7. The van der Waals surface area contributed by atoms with Crippen LogP contribution >= 0.6 is 11.8 Å². The quantitative estimate of drug-likeness (QED) is 0.278. The van der Waals surface area contributed by atoms with Crippen LogP contribution in [0.1, 0.15) is 12.0 Å². The van der Waals surface area contributed by atoms with E-state index in [1.54, 1.807) is 34.9 Å². The zero-order valence-electron chi connectivity index (χ0n) is 17.7. The van der Waals surface area contributed by atoms with Crippen molar-refractivity contribution in [1.82, 2.24) is 20.1 Å². The molecule has 0 saturated carbocycles. The van der Waals surface area contributed by atoms with Gasteiger partial charge in [0.15, 0.2) is 11.0 Å². The maximum absolute atomic E-state index is 14.4. The fourth-order valence-electron chi connectivity index (χ4n) is 3.35. The molecule has 1 amide bonds. The summed E-state index contributed by atoms with van der Waals surface area (Å²) in [6, 6.07) is 22.1. The van der Waals surface area contributed by atoms with Gasteiger partial charge in [0.2, 0.25) is 5.91 Å². The first-order chi connectivity index (χ1) is 16.1. The molecule has 4 rings (SSSR count). The number of rotatable bonds is 9. The number of nitrogens with zero attached hydrogens (tertiary/aromatic N) is 3. The summed E-state index contributed by atoms with van der Waals surface area (Å²) in [6.07, 6.45) is 1.72. The Morgan fingerprint density at radius 1 is 0.909 bits per heavy atom. The summed E-state index contributed by atoms with van der Waals surface area (Å²) in [7, 11) is 0. The smallest absolute Gasteiger partial charge is 0.230 e. The number of carbonyl (C=O) groups excluding carboxylic acids is 1. The number of hydrogen-bond donors (Lipinski definition) is 1. The van der Waals surface area contributed by atoms with E-state index in [0.717, 1.165) is 12.8 Å². The SMILES string of the molecule is O=C(CSc1nnc(-c2ccccc2F)n1-c1ccc(F)cc1)NCCCc1ccccc1. The molecular formula is C25H22F2N4OS. The van der Waals surface area contributed by atoms with Crippen LogP contribution in [0.3, 0.4) is 0 Å². The van der Waals surface area contributed by atoms with Crippen LogP contribution in [-0.4, -0.2) is 33.0 Å². The van der Waals surface area contributed by atoms with Crippen molar-refractivity contribution in [3.63, 3.8) is 0 Å². The van der Waals surface area contributed by atoms with Crippen LogP contribution in [0.15, 0.2) is 84.0 Å². The highest BCUT2D eigenvalue weighted by atomic mass is 32.2. The molecule has 4 aromatic rings. The number of amides is 1. The number of halogens is 2. The van der Waals surface area contributed by atoms with Crippen molar-refractivity contribution in [3.8, 4) is 17.1 Å². The van der Waals surface area contributed by atoms with Gasteiger partial charge in [-0.05, 0) is 54.8 Å². The first-order valence-electron chi connectivity index (χ1n) is 10.5. The van der Waals surface area contributed by atoms with Crippen molar-refractivity contribution >= 4 is 17.7 Å². The third kappa shape index (κ3) is 5.84. The van der Waals surface area contributed by atoms with Gasteiger partial charge < -0.3 is 5.32 Å². The number of aryl methyl sites for hydroxylation is 1. The molecule has 8 heteroatoms. The Morgan fingerprint density at radius 2 is 1.64 bits per heavy atom. The number of carbonyl (C=O) groups is 1. The van der Waals surface area contributed by atoms with Crippen LogP contribution in [0.2, 0.25) is 0 Å². The van der Waals surface area contributed by atoms with Crippen LogP contribution < -0.4 is 5.32 Å². The predicted octanol–water partition coefficient (Wildman–Crippen LogP) is 5.05. The minimum absolute atomic E-state index is 0.127. The first kappa shape index (κ1) is 22.7. The highest BCUT2D eigenvalue weighted by Gasteiger charge is 2.19. The van der Waals surface area contributed by atoms with Crippen molar-refractivity contribution in [2.24, 2.45) is 0 Å². The summed E-state index contributed by atoms with van der Waals surface area (Å²) in [5.74, 6) is -0.550. The highest BCUT2D eigenvalue weighted by Crippen LogP contribution is 2.29. The minimum atomic E-state index is -0.444. The lowest BCUT2D eigenvalue weighted by Crippen LogP contribution is -2.26. The molecule has 33 heavy (non-hydrogen) atoms. The molecule has 0 radical (unpaired) electrons. The molecular weight excluding hydrogens is 442 g/mol. The molecule has 5 nitrogen and oxygen atoms in total. The van der Waals surface area contributed by atoms with Crippen molar-refractivity contribution < 1.29 is 13.6 Å². The van der Waals surface area contributed by atoms with Crippen LogP contribution in [0, 0.1) is 11.6 Å². The molecule has 0 atom stereocenters. The molecule has 0 unspecified atom stereocenters. The molecule has 1 N–H and O–H groups in total. The lowest BCUT2D eigenvalue weighted by Gasteiger charge is -2.11. The van der Waals surface area contributed by atoms with E-state index in [1.165, 1.54) is 35.5 Å². The van der Waals surface area contributed by atoms with E-state index < -0.39 is 5.82 Å². The molecule has 1 heterocycles. The van der Waals surface area contributed by atoms with Gasteiger partial charge in [0.25, 0.3) is 0 Å². The van der Waals surface area contributed by atoms with Crippen molar-refractivity contribution in [3.05, 3.63) is 96.1 Å². The van der Waals surface area contributed by atoms with E-state index in [0.29, 0.717) is 17.4 Å². The minimum Gasteiger partial charge on any atom is -0.355 e. The Bertz CT molecular complexity index is 1210. The summed E-state index contributed by atoms with van der Waals surface area (Å²) in [4.78, 5) is 12.4. The molecule has 0 aliphatic carbocycles. The highest BCUT2D eigenvalue weighted by molar-refractivity contribution is 7.99. The fourth-order valence-corrected chi connectivity index (χ4v) is 4.13. The molecule has 1 aromatic heterocycles. The van der Waals surface area contributed by atoms with E-state index in [4.69, 9.17) is 0 Å². The second-order valence-electron chi connectivity index (χ2n) is 7.33. The molecule has 0 spiro atoms. The molecule has 0 aliphatic rings. The summed E-state index contributed by atoms with van der Waals surface area (Å²) >= 11 is 1.19. The third-order valence-corrected chi connectivity index (χ3v) is 5.90. The zero-order chi connectivity index (χ0) is 23.0. The molecule has 3 aromatic carbocycles. The Hall–Kier alpha value is -3.52. The maximum Gasteiger partial charge on any atom is 0.230 e. The third-order valence-electron chi connectivity index (χ3n) is 4.97. The van der Waals surface area contributed by atoms with Crippen molar-refractivity contribution in [2.75, 3.05) is 12.3 Å². The number of hydrogen-bond acceptors (Lipinski definition) is 4. The Balaban J connectivity index is 1.44. The van der Waals surface area contributed by atoms with E-state index in [9.17, 15) is 13.6 Å². The molecule has 0 fully saturated rings. The van der Waals surface area contributed by atoms with Gasteiger partial charge >= 0.3 is 0 Å². The zero-order valence-corrected chi connectivity index (χ0v) is 18.6. The Kier molecular flexibility index (Phi) is 7.47. The van der Waals surface area contributed by atoms with E-state index in [1.807, 2.05) is 18.2 Å². The second kappa shape index (κ2) is 10.9. The molecule has 0 saturated heterocycles. The largest absolute Gasteiger partial charge is 0.355 e. The van der Waals surface area contributed by atoms with Crippen LogP contribution in [0.4, 0.5) is 8.78 Å². The number of benzene rings is 3. The summed E-state index contributed by atoms with van der Waals surface area (Å²) in [6.45, 7) is 0.569. The van der Waals surface area contributed by atoms with Gasteiger partial charge in [-0.1, -0.05) is 54.2 Å². The number of nitrogens with one attached hydrogen (secondary N) is 1. The molecule has 168 valence electrons. The summed E-state index contributed by atoms with van der Waals surface area (Å²) < 4.78 is 29.5. The van der Waals surface area contributed by atoms with Gasteiger partial charge in [-0.15, -0.1) is 10.2 Å². The average molecular weight is 465 g/mol. The van der Waals surface area contributed by atoms with E-state index >= 15 is 0 Å². The van der Waals surface area contributed by atoms with Crippen LogP contribution in [0.5, 0.6) is 0 Å². The normalized spacial score (nSPS) is 10.8.